The van der Waals surface area contributed by atoms with Crippen LogP contribution < -0.4 is 15.2 Å². The molecule has 2 aromatic rings. The SMILES string of the molecule is CN(CCNS(C)(=O)=O)c1ccc2cc(C=O)c(=O)oc2c1. The van der Waals surface area contributed by atoms with Crippen molar-refractivity contribution in [3.8, 4) is 0 Å². The predicted octanol–water partition coefficient (Wildman–Crippen LogP) is 0.591. The van der Waals surface area contributed by atoms with E-state index in [0.29, 0.717) is 23.8 Å². The van der Waals surface area contributed by atoms with Gasteiger partial charge in [-0.2, -0.15) is 0 Å². The van der Waals surface area contributed by atoms with Gasteiger partial charge < -0.3 is 9.32 Å². The number of rotatable bonds is 6. The minimum Gasteiger partial charge on any atom is -0.422 e. The Balaban J connectivity index is 2.21. The van der Waals surface area contributed by atoms with Gasteiger partial charge in [-0.25, -0.2) is 17.9 Å². The first kappa shape index (κ1) is 16.2. The predicted molar refractivity (Wildman–Crippen MR) is 84.0 cm³/mol. The Morgan fingerprint density at radius 3 is 2.68 bits per heavy atom. The highest BCUT2D eigenvalue weighted by Gasteiger charge is 2.08. The lowest BCUT2D eigenvalue weighted by Gasteiger charge is -2.19. The second-order valence-electron chi connectivity index (χ2n) is 4.92. The Kier molecular flexibility index (Phi) is 4.62. The van der Waals surface area contributed by atoms with Gasteiger partial charge in [0.1, 0.15) is 11.1 Å². The monoisotopic (exact) mass is 324 g/mol. The van der Waals surface area contributed by atoms with Crippen LogP contribution >= 0.6 is 0 Å². The third-order valence-electron chi connectivity index (χ3n) is 3.13. The molecule has 0 aliphatic carbocycles. The standard InChI is InChI=1S/C14H16N2O5S/c1-16(6-5-15-22(2,19)20)12-4-3-10-7-11(9-17)14(18)21-13(10)8-12/h3-4,7-9,15H,5-6H2,1-2H3. The van der Waals surface area contributed by atoms with E-state index >= 15 is 0 Å². The molecule has 7 nitrogen and oxygen atoms in total. The van der Waals surface area contributed by atoms with Crippen LogP contribution in [0.4, 0.5) is 5.69 Å². The van der Waals surface area contributed by atoms with Crippen LogP contribution in [-0.2, 0) is 10.0 Å². The van der Waals surface area contributed by atoms with Crippen LogP contribution in [0, 0.1) is 0 Å². The summed E-state index contributed by atoms with van der Waals surface area (Å²) in [4.78, 5) is 24.1. The van der Waals surface area contributed by atoms with Crippen molar-refractivity contribution in [1.82, 2.24) is 4.72 Å². The first-order valence-corrected chi connectivity index (χ1v) is 8.38. The van der Waals surface area contributed by atoms with Crippen molar-refractivity contribution < 1.29 is 17.6 Å². The number of sulfonamides is 1. The Bertz CT molecular complexity index is 857. The molecule has 0 radical (unpaired) electrons. The number of carbonyl (C=O) groups excluding carboxylic acids is 1. The molecule has 0 unspecified atom stereocenters. The van der Waals surface area contributed by atoms with Crippen molar-refractivity contribution in [3.63, 3.8) is 0 Å². The zero-order valence-corrected chi connectivity index (χ0v) is 13.0. The molecule has 22 heavy (non-hydrogen) atoms. The fourth-order valence-electron chi connectivity index (χ4n) is 1.96. The van der Waals surface area contributed by atoms with Crippen LogP contribution in [0.2, 0.25) is 0 Å². The molecule has 8 heteroatoms. The van der Waals surface area contributed by atoms with Crippen LogP contribution in [-0.4, -0.2) is 41.1 Å². The first-order valence-electron chi connectivity index (χ1n) is 6.49. The van der Waals surface area contributed by atoms with E-state index in [1.54, 1.807) is 25.2 Å². The van der Waals surface area contributed by atoms with Gasteiger partial charge in [0, 0.05) is 37.3 Å². The number of fused-ring (bicyclic) bond motifs is 1. The van der Waals surface area contributed by atoms with Crippen molar-refractivity contribution >= 4 is 33.0 Å². The number of hydrogen-bond donors (Lipinski definition) is 1. The van der Waals surface area contributed by atoms with Crippen molar-refractivity contribution in [3.05, 3.63) is 40.2 Å². The first-order chi connectivity index (χ1) is 10.3. The molecule has 0 saturated heterocycles. The van der Waals surface area contributed by atoms with Crippen molar-refractivity contribution in [1.29, 1.82) is 0 Å². The minimum absolute atomic E-state index is 0.0223. The Hall–Kier alpha value is -2.19. The summed E-state index contributed by atoms with van der Waals surface area (Å²) in [5.74, 6) is 0. The van der Waals surface area contributed by atoms with Gasteiger partial charge >= 0.3 is 5.63 Å². The molecule has 1 aromatic heterocycles. The van der Waals surface area contributed by atoms with Crippen LogP contribution in [0.3, 0.4) is 0 Å². The molecule has 0 aliphatic heterocycles. The zero-order valence-electron chi connectivity index (χ0n) is 12.2. The highest BCUT2D eigenvalue weighted by atomic mass is 32.2. The molecule has 0 aliphatic rings. The summed E-state index contributed by atoms with van der Waals surface area (Å²) in [7, 11) is -1.42. The second-order valence-corrected chi connectivity index (χ2v) is 6.75. The van der Waals surface area contributed by atoms with E-state index in [1.807, 2.05) is 4.90 Å². The number of aldehydes is 1. The topological polar surface area (TPSA) is 96.7 Å². The summed E-state index contributed by atoms with van der Waals surface area (Å²) in [5.41, 5.74) is 0.438. The fourth-order valence-corrected chi connectivity index (χ4v) is 2.43. The largest absolute Gasteiger partial charge is 0.422 e. The molecule has 2 rings (SSSR count). The Labute approximate surface area is 127 Å². The number of anilines is 1. The summed E-state index contributed by atoms with van der Waals surface area (Å²) in [5, 5.41) is 0.646. The fraction of sp³-hybridized carbons (Fsp3) is 0.286. The molecule has 0 fully saturated rings. The molecule has 118 valence electrons. The van der Waals surface area contributed by atoms with Gasteiger partial charge in [-0.15, -0.1) is 0 Å². The number of hydrogen-bond acceptors (Lipinski definition) is 6. The highest BCUT2D eigenvalue weighted by Crippen LogP contribution is 2.20. The van der Waals surface area contributed by atoms with Crippen molar-refractivity contribution in [2.75, 3.05) is 31.3 Å². The van der Waals surface area contributed by atoms with Gasteiger partial charge in [0.25, 0.3) is 0 Å². The normalized spacial score (nSPS) is 11.5. The number of carbonyl (C=O) groups is 1. The Morgan fingerprint density at radius 1 is 1.32 bits per heavy atom. The number of nitrogens with zero attached hydrogens (tertiary/aromatic N) is 1. The maximum Gasteiger partial charge on any atom is 0.346 e. The van der Waals surface area contributed by atoms with Crippen molar-refractivity contribution in [2.24, 2.45) is 0 Å². The third-order valence-corrected chi connectivity index (χ3v) is 3.85. The average Bonchev–Trinajstić information content (AvgIpc) is 2.44. The summed E-state index contributed by atoms with van der Waals surface area (Å²) >= 11 is 0. The van der Waals surface area contributed by atoms with Crippen LogP contribution in [0.25, 0.3) is 11.0 Å². The van der Waals surface area contributed by atoms with Gasteiger partial charge in [0.2, 0.25) is 10.0 Å². The molecule has 0 saturated carbocycles. The third kappa shape index (κ3) is 3.92. The minimum atomic E-state index is -3.22. The summed E-state index contributed by atoms with van der Waals surface area (Å²) in [6, 6.07) is 6.69. The van der Waals surface area contributed by atoms with E-state index in [-0.39, 0.29) is 12.1 Å². The quantitative estimate of drug-likeness (QED) is 0.617. The Morgan fingerprint density at radius 2 is 2.05 bits per heavy atom. The van der Waals surface area contributed by atoms with Crippen LogP contribution in [0.5, 0.6) is 0 Å². The lowest BCUT2D eigenvalue weighted by atomic mass is 10.1. The van der Waals surface area contributed by atoms with Crippen molar-refractivity contribution in [2.45, 2.75) is 0 Å². The van der Waals surface area contributed by atoms with E-state index < -0.39 is 15.6 Å². The van der Waals surface area contributed by atoms with E-state index in [1.165, 1.54) is 6.07 Å². The maximum absolute atomic E-state index is 11.5. The lowest BCUT2D eigenvalue weighted by molar-refractivity contribution is 0.112. The molecule has 0 spiro atoms. The summed E-state index contributed by atoms with van der Waals surface area (Å²) in [6.07, 6.45) is 1.56. The number of likely N-dealkylation sites (N-methyl/N-ethyl adjacent to an activating group) is 1. The molecule has 1 heterocycles. The number of benzene rings is 1. The zero-order chi connectivity index (χ0) is 16.3. The van der Waals surface area contributed by atoms with E-state index in [9.17, 15) is 18.0 Å². The van der Waals surface area contributed by atoms with Gasteiger partial charge in [-0.05, 0) is 18.2 Å². The number of nitrogens with one attached hydrogen (secondary N) is 1. The highest BCUT2D eigenvalue weighted by molar-refractivity contribution is 7.88. The second kappa shape index (κ2) is 6.29. The average molecular weight is 324 g/mol. The van der Waals surface area contributed by atoms with E-state index in [0.717, 1.165) is 11.9 Å². The van der Waals surface area contributed by atoms with Gasteiger partial charge in [-0.3, -0.25) is 4.79 Å². The summed E-state index contributed by atoms with van der Waals surface area (Å²) < 4.78 is 29.5. The van der Waals surface area contributed by atoms with Gasteiger partial charge in [-0.1, -0.05) is 0 Å². The molecular formula is C14H16N2O5S. The smallest absolute Gasteiger partial charge is 0.346 e. The van der Waals surface area contributed by atoms with E-state index in [2.05, 4.69) is 4.72 Å². The van der Waals surface area contributed by atoms with Crippen LogP contribution in [0.1, 0.15) is 10.4 Å². The van der Waals surface area contributed by atoms with Crippen LogP contribution in [0.15, 0.2) is 33.5 Å². The molecule has 1 aromatic carbocycles. The molecular weight excluding hydrogens is 308 g/mol. The molecule has 0 atom stereocenters. The maximum atomic E-state index is 11.5. The lowest BCUT2D eigenvalue weighted by Crippen LogP contribution is -2.32. The molecule has 1 N–H and O–H groups in total. The molecule has 0 amide bonds. The van der Waals surface area contributed by atoms with E-state index in [4.69, 9.17) is 4.42 Å². The summed E-state index contributed by atoms with van der Waals surface area (Å²) in [6.45, 7) is 0.719. The van der Waals surface area contributed by atoms with Gasteiger partial charge in [0.05, 0.1) is 6.26 Å². The van der Waals surface area contributed by atoms with Gasteiger partial charge in [0.15, 0.2) is 6.29 Å². The molecule has 0 bridgehead atoms.